The van der Waals surface area contributed by atoms with E-state index in [-0.39, 0.29) is 5.82 Å². The molecule has 0 atom stereocenters. The van der Waals surface area contributed by atoms with Crippen molar-refractivity contribution in [2.75, 3.05) is 7.11 Å². The number of aromatic amines is 1. The van der Waals surface area contributed by atoms with Gasteiger partial charge in [0.1, 0.15) is 17.1 Å². The predicted molar refractivity (Wildman–Crippen MR) is 71.9 cm³/mol. The van der Waals surface area contributed by atoms with E-state index in [1.165, 1.54) is 6.07 Å². The molecule has 3 nitrogen and oxygen atoms in total. The Labute approximate surface area is 110 Å². The molecule has 96 valence electrons. The number of aromatic nitrogens is 2. The fourth-order valence-electron chi connectivity index (χ4n) is 2.11. The van der Waals surface area contributed by atoms with Gasteiger partial charge in [-0.2, -0.15) is 0 Å². The summed E-state index contributed by atoms with van der Waals surface area (Å²) in [5, 5.41) is 0. The SMILES string of the molecule is COc1cccc(Cc2nc3c(F)cccc3[nH]2)c1. The summed E-state index contributed by atoms with van der Waals surface area (Å²) in [6.07, 6.45) is 0.616. The maximum absolute atomic E-state index is 13.6. The number of methoxy groups -OCH3 is 1. The van der Waals surface area contributed by atoms with E-state index in [2.05, 4.69) is 9.97 Å². The van der Waals surface area contributed by atoms with E-state index in [0.29, 0.717) is 11.9 Å². The first-order chi connectivity index (χ1) is 9.26. The average Bonchev–Trinajstić information content (AvgIpc) is 2.83. The van der Waals surface area contributed by atoms with Gasteiger partial charge in [0.15, 0.2) is 5.82 Å². The van der Waals surface area contributed by atoms with Crippen molar-refractivity contribution in [3.8, 4) is 5.75 Å². The first-order valence-electron chi connectivity index (χ1n) is 6.02. The Balaban J connectivity index is 1.94. The third-order valence-electron chi connectivity index (χ3n) is 3.02. The minimum absolute atomic E-state index is 0.300. The third kappa shape index (κ3) is 2.29. The number of benzene rings is 2. The number of ether oxygens (including phenoxy) is 1. The first kappa shape index (κ1) is 11.7. The van der Waals surface area contributed by atoms with Crippen molar-refractivity contribution < 1.29 is 9.13 Å². The van der Waals surface area contributed by atoms with E-state index in [1.54, 1.807) is 13.2 Å². The molecule has 0 amide bonds. The van der Waals surface area contributed by atoms with Gasteiger partial charge in [0.2, 0.25) is 0 Å². The second-order valence-corrected chi connectivity index (χ2v) is 4.35. The summed E-state index contributed by atoms with van der Waals surface area (Å²) < 4.78 is 18.7. The molecule has 0 saturated carbocycles. The van der Waals surface area contributed by atoms with Crippen LogP contribution in [0.1, 0.15) is 11.4 Å². The molecule has 0 aliphatic heterocycles. The lowest BCUT2D eigenvalue weighted by atomic mass is 10.1. The normalized spacial score (nSPS) is 10.8. The molecule has 0 unspecified atom stereocenters. The molecule has 0 aliphatic rings. The number of nitrogens with zero attached hydrogens (tertiary/aromatic N) is 1. The van der Waals surface area contributed by atoms with Gasteiger partial charge in [-0.15, -0.1) is 0 Å². The average molecular weight is 256 g/mol. The zero-order chi connectivity index (χ0) is 13.2. The summed E-state index contributed by atoms with van der Waals surface area (Å²) in [7, 11) is 1.63. The van der Waals surface area contributed by atoms with Crippen LogP contribution in [0, 0.1) is 5.82 Å². The minimum atomic E-state index is -0.300. The van der Waals surface area contributed by atoms with Crippen LogP contribution in [0.3, 0.4) is 0 Å². The van der Waals surface area contributed by atoms with Crippen molar-refractivity contribution in [1.82, 2.24) is 9.97 Å². The lowest BCUT2D eigenvalue weighted by molar-refractivity contribution is 0.414. The van der Waals surface area contributed by atoms with E-state index < -0.39 is 0 Å². The van der Waals surface area contributed by atoms with Gasteiger partial charge in [-0.1, -0.05) is 18.2 Å². The lowest BCUT2D eigenvalue weighted by Gasteiger charge is -2.02. The monoisotopic (exact) mass is 256 g/mol. The Morgan fingerprint density at radius 3 is 2.84 bits per heavy atom. The predicted octanol–water partition coefficient (Wildman–Crippen LogP) is 3.30. The molecule has 1 heterocycles. The number of imidazole rings is 1. The minimum Gasteiger partial charge on any atom is -0.497 e. The zero-order valence-electron chi connectivity index (χ0n) is 10.5. The molecule has 1 N–H and O–H groups in total. The lowest BCUT2D eigenvalue weighted by Crippen LogP contribution is -1.91. The second kappa shape index (κ2) is 4.72. The van der Waals surface area contributed by atoms with Crippen molar-refractivity contribution >= 4 is 11.0 Å². The van der Waals surface area contributed by atoms with Crippen LogP contribution in [0.15, 0.2) is 42.5 Å². The standard InChI is InChI=1S/C15H13FN2O/c1-19-11-5-2-4-10(8-11)9-14-17-13-7-3-6-12(16)15(13)18-14/h2-8H,9H2,1H3,(H,17,18). The molecule has 19 heavy (non-hydrogen) atoms. The largest absolute Gasteiger partial charge is 0.497 e. The van der Waals surface area contributed by atoms with Gasteiger partial charge < -0.3 is 9.72 Å². The fraction of sp³-hybridized carbons (Fsp3) is 0.133. The van der Waals surface area contributed by atoms with Crippen LogP contribution in [-0.4, -0.2) is 17.1 Å². The maximum Gasteiger partial charge on any atom is 0.151 e. The Hall–Kier alpha value is -2.36. The topological polar surface area (TPSA) is 37.9 Å². The highest BCUT2D eigenvalue weighted by molar-refractivity contribution is 5.75. The summed E-state index contributed by atoms with van der Waals surface area (Å²) >= 11 is 0. The number of fused-ring (bicyclic) bond motifs is 1. The maximum atomic E-state index is 13.6. The van der Waals surface area contributed by atoms with Crippen LogP contribution in [0.2, 0.25) is 0 Å². The van der Waals surface area contributed by atoms with Crippen LogP contribution in [0.4, 0.5) is 4.39 Å². The van der Waals surface area contributed by atoms with Gasteiger partial charge in [-0.3, -0.25) is 0 Å². The highest BCUT2D eigenvalue weighted by Gasteiger charge is 2.07. The number of para-hydroxylation sites is 1. The Morgan fingerprint density at radius 1 is 1.21 bits per heavy atom. The smallest absolute Gasteiger partial charge is 0.151 e. The zero-order valence-corrected chi connectivity index (χ0v) is 10.5. The van der Waals surface area contributed by atoms with E-state index in [4.69, 9.17) is 4.74 Å². The molecule has 4 heteroatoms. The molecule has 0 radical (unpaired) electrons. The van der Waals surface area contributed by atoms with E-state index >= 15 is 0 Å². The van der Waals surface area contributed by atoms with Crippen LogP contribution in [0.25, 0.3) is 11.0 Å². The van der Waals surface area contributed by atoms with Gasteiger partial charge in [0, 0.05) is 6.42 Å². The number of rotatable bonds is 3. The van der Waals surface area contributed by atoms with Crippen LogP contribution in [-0.2, 0) is 6.42 Å². The highest BCUT2D eigenvalue weighted by atomic mass is 19.1. The summed E-state index contributed by atoms with van der Waals surface area (Å²) in [5.74, 6) is 1.25. The number of hydrogen-bond donors (Lipinski definition) is 1. The molecule has 1 aromatic heterocycles. The van der Waals surface area contributed by atoms with Crippen LogP contribution in [0.5, 0.6) is 5.75 Å². The molecule has 0 spiro atoms. The number of nitrogens with one attached hydrogen (secondary N) is 1. The van der Waals surface area contributed by atoms with Gasteiger partial charge in [0.25, 0.3) is 0 Å². The fourth-order valence-corrected chi connectivity index (χ4v) is 2.11. The van der Waals surface area contributed by atoms with Crippen LogP contribution < -0.4 is 4.74 Å². The van der Waals surface area contributed by atoms with E-state index in [9.17, 15) is 4.39 Å². The summed E-state index contributed by atoms with van der Waals surface area (Å²) in [5.41, 5.74) is 2.18. The molecule has 0 saturated heterocycles. The summed E-state index contributed by atoms with van der Waals surface area (Å²) in [6, 6.07) is 12.7. The quantitative estimate of drug-likeness (QED) is 0.780. The summed E-state index contributed by atoms with van der Waals surface area (Å²) in [4.78, 5) is 7.42. The van der Waals surface area contributed by atoms with Crippen molar-refractivity contribution in [3.63, 3.8) is 0 Å². The molecule has 0 aliphatic carbocycles. The second-order valence-electron chi connectivity index (χ2n) is 4.35. The molecular formula is C15H13FN2O. The van der Waals surface area contributed by atoms with Crippen molar-refractivity contribution in [2.45, 2.75) is 6.42 Å². The van der Waals surface area contributed by atoms with E-state index in [0.717, 1.165) is 22.7 Å². The van der Waals surface area contributed by atoms with E-state index in [1.807, 2.05) is 30.3 Å². The Kier molecular flexibility index (Phi) is 2.91. The van der Waals surface area contributed by atoms with Crippen molar-refractivity contribution in [2.24, 2.45) is 0 Å². The molecule has 3 aromatic rings. The number of halogens is 1. The molecule has 0 fully saturated rings. The van der Waals surface area contributed by atoms with Gasteiger partial charge in [-0.05, 0) is 29.8 Å². The highest BCUT2D eigenvalue weighted by Crippen LogP contribution is 2.18. The van der Waals surface area contributed by atoms with Gasteiger partial charge in [0.05, 0.1) is 12.6 Å². The van der Waals surface area contributed by atoms with Crippen LogP contribution >= 0.6 is 0 Å². The number of H-pyrrole nitrogens is 1. The Bertz CT molecular complexity index is 721. The molecular weight excluding hydrogens is 243 g/mol. The van der Waals surface area contributed by atoms with Gasteiger partial charge >= 0.3 is 0 Å². The first-order valence-corrected chi connectivity index (χ1v) is 6.02. The molecule has 3 rings (SSSR count). The third-order valence-corrected chi connectivity index (χ3v) is 3.02. The van der Waals surface area contributed by atoms with Crippen molar-refractivity contribution in [1.29, 1.82) is 0 Å². The number of hydrogen-bond acceptors (Lipinski definition) is 2. The molecule has 0 bridgehead atoms. The Morgan fingerprint density at radius 2 is 2.05 bits per heavy atom. The van der Waals surface area contributed by atoms with Gasteiger partial charge in [-0.25, -0.2) is 9.37 Å². The molecule has 2 aromatic carbocycles. The summed E-state index contributed by atoms with van der Waals surface area (Å²) in [6.45, 7) is 0. The van der Waals surface area contributed by atoms with Crippen molar-refractivity contribution in [3.05, 3.63) is 59.7 Å².